The Balaban J connectivity index is 4.08. The van der Waals surface area contributed by atoms with E-state index in [-0.39, 0.29) is 13.1 Å². The second-order valence-corrected chi connectivity index (χ2v) is 2.92. The maximum Gasteiger partial charge on any atom is 0.315 e. The first kappa shape index (κ1) is 13.1. The molecule has 0 aliphatic carbocycles. The van der Waals surface area contributed by atoms with Crippen molar-refractivity contribution in [3.63, 3.8) is 0 Å². The number of rotatable bonds is 6. The third-order valence-corrected chi connectivity index (χ3v) is 1.72. The highest BCUT2D eigenvalue weighted by atomic mass is 16.3. The molecule has 0 bridgehead atoms. The average Bonchev–Trinajstić information content (AvgIpc) is 2.23. The van der Waals surface area contributed by atoms with E-state index in [1.54, 1.807) is 0 Å². The van der Waals surface area contributed by atoms with Crippen molar-refractivity contribution in [2.24, 2.45) is 5.73 Å². The fraction of sp³-hybridized carbons (Fsp3) is 0.857. The average molecular weight is 207 g/mol. The fourth-order valence-corrected chi connectivity index (χ4v) is 0.739. The number of aliphatic hydroxyl groups excluding tert-OH is 3. The van der Waals surface area contributed by atoms with Crippen molar-refractivity contribution in [1.82, 2.24) is 10.6 Å². The van der Waals surface area contributed by atoms with Crippen LogP contribution in [0.3, 0.4) is 0 Å². The number of carbonyl (C=O) groups excluding carboxylic acids is 1. The van der Waals surface area contributed by atoms with Crippen LogP contribution in [0.1, 0.15) is 0 Å². The van der Waals surface area contributed by atoms with Gasteiger partial charge < -0.3 is 31.7 Å². The highest BCUT2D eigenvalue weighted by molar-refractivity contribution is 5.74. The Kier molecular flexibility index (Phi) is 6.13. The first-order valence-electron chi connectivity index (χ1n) is 4.23. The van der Waals surface area contributed by atoms with Crippen LogP contribution in [-0.2, 0) is 0 Å². The van der Waals surface area contributed by atoms with Crippen molar-refractivity contribution < 1.29 is 20.1 Å². The molecule has 0 fully saturated rings. The van der Waals surface area contributed by atoms with E-state index in [2.05, 4.69) is 10.6 Å². The van der Waals surface area contributed by atoms with Gasteiger partial charge in [0.25, 0.3) is 0 Å². The van der Waals surface area contributed by atoms with Gasteiger partial charge >= 0.3 is 6.03 Å². The molecule has 0 saturated carbocycles. The van der Waals surface area contributed by atoms with Crippen LogP contribution in [0, 0.1) is 0 Å². The van der Waals surface area contributed by atoms with E-state index in [0.717, 1.165) is 0 Å². The van der Waals surface area contributed by atoms with Gasteiger partial charge in [0, 0.05) is 13.1 Å². The summed E-state index contributed by atoms with van der Waals surface area (Å²) in [6.45, 7) is -1.07. The number of nitrogens with one attached hydrogen (secondary N) is 2. The number of urea groups is 1. The van der Waals surface area contributed by atoms with Crippen LogP contribution in [0.25, 0.3) is 0 Å². The molecule has 7 N–H and O–H groups in total. The summed E-state index contributed by atoms with van der Waals surface area (Å²) in [6, 6.07) is -0.590. The number of hydrogen-bond donors (Lipinski definition) is 6. The SMILES string of the molecule is NCCNC(=O)NC(CO)(CO)CO. The van der Waals surface area contributed by atoms with Crippen LogP contribution in [0.4, 0.5) is 4.79 Å². The summed E-state index contributed by atoms with van der Waals surface area (Å²) >= 11 is 0. The number of nitrogens with two attached hydrogens (primary N) is 1. The van der Waals surface area contributed by atoms with Gasteiger partial charge in [-0.25, -0.2) is 4.79 Å². The van der Waals surface area contributed by atoms with Gasteiger partial charge in [0.1, 0.15) is 5.54 Å². The lowest BCUT2D eigenvalue weighted by molar-refractivity contribution is 0.0493. The molecule has 0 aliphatic heterocycles. The first-order valence-corrected chi connectivity index (χ1v) is 4.23. The van der Waals surface area contributed by atoms with E-state index in [4.69, 9.17) is 21.1 Å². The molecular weight excluding hydrogens is 190 g/mol. The predicted molar refractivity (Wildman–Crippen MR) is 49.6 cm³/mol. The van der Waals surface area contributed by atoms with Crippen LogP contribution < -0.4 is 16.4 Å². The van der Waals surface area contributed by atoms with Crippen LogP contribution in [0.2, 0.25) is 0 Å². The second-order valence-electron chi connectivity index (χ2n) is 2.92. The minimum Gasteiger partial charge on any atom is -0.394 e. The molecule has 0 aromatic carbocycles. The quantitative estimate of drug-likeness (QED) is 0.276. The maximum atomic E-state index is 11.1. The van der Waals surface area contributed by atoms with Crippen LogP contribution >= 0.6 is 0 Å². The molecule has 0 atom stereocenters. The molecule has 14 heavy (non-hydrogen) atoms. The van der Waals surface area contributed by atoms with Crippen molar-refractivity contribution in [3.05, 3.63) is 0 Å². The van der Waals surface area contributed by atoms with E-state index >= 15 is 0 Å². The third-order valence-electron chi connectivity index (χ3n) is 1.72. The summed E-state index contributed by atoms with van der Waals surface area (Å²) in [5.74, 6) is 0. The minimum absolute atomic E-state index is 0.282. The molecule has 0 aromatic heterocycles. The van der Waals surface area contributed by atoms with Gasteiger partial charge in [-0.3, -0.25) is 0 Å². The second kappa shape index (κ2) is 6.55. The summed E-state index contributed by atoms with van der Waals surface area (Å²) in [7, 11) is 0. The van der Waals surface area contributed by atoms with Crippen molar-refractivity contribution in [3.8, 4) is 0 Å². The Hall–Kier alpha value is -0.890. The molecule has 0 spiro atoms. The van der Waals surface area contributed by atoms with Crippen molar-refractivity contribution in [1.29, 1.82) is 0 Å². The third kappa shape index (κ3) is 3.88. The van der Waals surface area contributed by atoms with Crippen LogP contribution in [-0.4, -0.2) is 59.8 Å². The van der Waals surface area contributed by atoms with Crippen LogP contribution in [0.15, 0.2) is 0 Å². The molecule has 7 heteroatoms. The van der Waals surface area contributed by atoms with Gasteiger partial charge in [0.15, 0.2) is 0 Å². The van der Waals surface area contributed by atoms with Crippen molar-refractivity contribution in [2.75, 3.05) is 32.9 Å². The molecule has 0 aliphatic rings. The van der Waals surface area contributed by atoms with Crippen molar-refractivity contribution >= 4 is 6.03 Å². The smallest absolute Gasteiger partial charge is 0.315 e. The number of hydrogen-bond acceptors (Lipinski definition) is 5. The lowest BCUT2D eigenvalue weighted by Gasteiger charge is -2.28. The van der Waals surface area contributed by atoms with E-state index in [1.807, 2.05) is 0 Å². The zero-order valence-corrected chi connectivity index (χ0v) is 7.86. The molecule has 7 nitrogen and oxygen atoms in total. The zero-order valence-electron chi connectivity index (χ0n) is 7.86. The highest BCUT2D eigenvalue weighted by Gasteiger charge is 2.29. The summed E-state index contributed by atoms with van der Waals surface area (Å²) in [5, 5.41) is 31.2. The normalized spacial score (nSPS) is 11.1. The van der Waals surface area contributed by atoms with Gasteiger partial charge in [0.05, 0.1) is 19.8 Å². The monoisotopic (exact) mass is 207 g/mol. The van der Waals surface area contributed by atoms with Gasteiger partial charge in [-0.2, -0.15) is 0 Å². The molecule has 0 unspecified atom stereocenters. The fourth-order valence-electron chi connectivity index (χ4n) is 0.739. The predicted octanol–water partition coefficient (Wildman–Crippen LogP) is -3.04. The van der Waals surface area contributed by atoms with E-state index in [0.29, 0.717) is 0 Å². The van der Waals surface area contributed by atoms with Gasteiger partial charge in [-0.05, 0) is 0 Å². The topological polar surface area (TPSA) is 128 Å². The molecule has 0 rings (SSSR count). The Morgan fingerprint density at radius 2 is 1.71 bits per heavy atom. The number of amides is 2. The Labute approximate surface area is 81.9 Å². The maximum absolute atomic E-state index is 11.1. The van der Waals surface area contributed by atoms with E-state index < -0.39 is 31.4 Å². The highest BCUT2D eigenvalue weighted by Crippen LogP contribution is 2.00. The molecule has 0 aromatic rings. The van der Waals surface area contributed by atoms with Gasteiger partial charge in [-0.1, -0.05) is 0 Å². The number of aliphatic hydroxyl groups is 3. The minimum atomic E-state index is -1.39. The largest absolute Gasteiger partial charge is 0.394 e. The summed E-state index contributed by atoms with van der Waals surface area (Å²) in [5.41, 5.74) is 3.76. The van der Waals surface area contributed by atoms with Crippen LogP contribution in [0.5, 0.6) is 0 Å². The Morgan fingerprint density at radius 3 is 2.07 bits per heavy atom. The van der Waals surface area contributed by atoms with E-state index in [1.165, 1.54) is 0 Å². The number of carbonyl (C=O) groups is 1. The molecular formula is C7H17N3O4. The summed E-state index contributed by atoms with van der Waals surface area (Å²) in [4.78, 5) is 11.1. The first-order chi connectivity index (χ1) is 6.64. The lowest BCUT2D eigenvalue weighted by atomic mass is 10.0. The molecule has 2 amide bonds. The van der Waals surface area contributed by atoms with E-state index in [9.17, 15) is 4.79 Å². The molecule has 0 saturated heterocycles. The summed E-state index contributed by atoms with van der Waals surface area (Å²) < 4.78 is 0. The van der Waals surface area contributed by atoms with Gasteiger partial charge in [0.2, 0.25) is 0 Å². The Morgan fingerprint density at radius 1 is 1.21 bits per heavy atom. The summed E-state index contributed by atoms with van der Waals surface area (Å²) in [6.07, 6.45) is 0. The van der Waals surface area contributed by atoms with Crippen molar-refractivity contribution in [2.45, 2.75) is 5.54 Å². The molecule has 0 radical (unpaired) electrons. The Bertz CT molecular complexity index is 164. The molecule has 0 heterocycles. The van der Waals surface area contributed by atoms with Gasteiger partial charge in [-0.15, -0.1) is 0 Å². The lowest BCUT2D eigenvalue weighted by Crippen LogP contribution is -2.59. The molecule has 84 valence electrons. The standard InChI is InChI=1S/C7H17N3O4/c8-1-2-9-6(14)10-7(3-11,4-12)5-13/h11-13H,1-5,8H2,(H2,9,10,14). The zero-order chi connectivity index (χ0) is 11.0.